The van der Waals surface area contributed by atoms with E-state index in [0.29, 0.717) is 0 Å². The Morgan fingerprint density at radius 3 is 1.90 bits per heavy atom. The summed E-state index contributed by atoms with van der Waals surface area (Å²) >= 11 is 0. The molecule has 0 aliphatic carbocycles. The average molecular weight is 277 g/mol. The molecule has 0 fully saturated rings. The van der Waals surface area contributed by atoms with E-state index in [1.165, 1.54) is 22.3 Å². The van der Waals surface area contributed by atoms with Gasteiger partial charge in [-0.05, 0) is 56.9 Å². The van der Waals surface area contributed by atoms with Crippen LogP contribution in [0.15, 0.2) is 53.5 Å². The zero-order valence-electron chi connectivity index (χ0n) is 13.0. The van der Waals surface area contributed by atoms with Crippen LogP contribution in [0.4, 0.5) is 0 Å². The summed E-state index contributed by atoms with van der Waals surface area (Å²) in [7, 11) is 0. The maximum atomic E-state index is 4.89. The molecule has 0 atom stereocenters. The van der Waals surface area contributed by atoms with Crippen LogP contribution in [0.2, 0.25) is 0 Å². The lowest BCUT2D eigenvalue weighted by molar-refractivity contribution is 0.421. The maximum Gasteiger partial charge on any atom is 0.0688 e. The largest absolute Gasteiger partial charge is 0.290 e. The average Bonchev–Trinajstić information content (AvgIpc) is 2.87. The van der Waals surface area contributed by atoms with E-state index in [4.69, 9.17) is 4.99 Å². The standard InChI is InChI=1S/C20H23N/c1-16-6-3-8-18(12-16)14-20(10-5-11-21-20)15-19-9-4-7-17(2)13-19/h3-4,6-9,11-13H,5,10,14-15H2,1-2H3. The molecule has 0 N–H and O–H groups in total. The van der Waals surface area contributed by atoms with Crippen LogP contribution in [0.1, 0.15) is 35.1 Å². The van der Waals surface area contributed by atoms with E-state index >= 15 is 0 Å². The Kier molecular flexibility index (Phi) is 3.92. The first-order valence-corrected chi connectivity index (χ1v) is 7.80. The van der Waals surface area contributed by atoms with E-state index in [-0.39, 0.29) is 5.54 Å². The second kappa shape index (κ2) is 5.85. The SMILES string of the molecule is Cc1cccc(CC2(Cc3cccc(C)c3)CCC=N2)c1. The van der Waals surface area contributed by atoms with Crippen LogP contribution in [0.3, 0.4) is 0 Å². The first-order chi connectivity index (χ1) is 10.2. The molecule has 0 bridgehead atoms. The van der Waals surface area contributed by atoms with Crippen molar-refractivity contribution in [2.75, 3.05) is 0 Å². The van der Waals surface area contributed by atoms with Crippen molar-refractivity contribution in [2.45, 2.75) is 45.1 Å². The highest BCUT2D eigenvalue weighted by atomic mass is 14.9. The van der Waals surface area contributed by atoms with Gasteiger partial charge in [-0.2, -0.15) is 0 Å². The van der Waals surface area contributed by atoms with Crippen LogP contribution in [0, 0.1) is 13.8 Å². The summed E-state index contributed by atoms with van der Waals surface area (Å²) in [6.45, 7) is 4.32. The Labute approximate surface area is 127 Å². The van der Waals surface area contributed by atoms with Crippen LogP contribution in [0.25, 0.3) is 0 Å². The van der Waals surface area contributed by atoms with Crippen molar-refractivity contribution < 1.29 is 0 Å². The minimum Gasteiger partial charge on any atom is -0.290 e. The van der Waals surface area contributed by atoms with Gasteiger partial charge in [0.1, 0.15) is 0 Å². The molecule has 3 rings (SSSR count). The minimum atomic E-state index is 0.0571. The van der Waals surface area contributed by atoms with E-state index in [1.807, 2.05) is 0 Å². The van der Waals surface area contributed by atoms with Gasteiger partial charge in [0.2, 0.25) is 0 Å². The third kappa shape index (κ3) is 3.41. The molecular weight excluding hydrogens is 254 g/mol. The van der Waals surface area contributed by atoms with Crippen molar-refractivity contribution in [3.05, 3.63) is 70.8 Å². The molecule has 2 aromatic rings. The highest BCUT2D eigenvalue weighted by Gasteiger charge is 2.32. The zero-order chi connectivity index (χ0) is 14.7. The molecule has 1 nitrogen and oxygen atoms in total. The molecule has 2 aromatic carbocycles. The Morgan fingerprint density at radius 2 is 1.48 bits per heavy atom. The minimum absolute atomic E-state index is 0.0571. The van der Waals surface area contributed by atoms with Gasteiger partial charge in [0.15, 0.2) is 0 Å². The Balaban J connectivity index is 1.84. The van der Waals surface area contributed by atoms with Gasteiger partial charge >= 0.3 is 0 Å². The van der Waals surface area contributed by atoms with E-state index < -0.39 is 0 Å². The van der Waals surface area contributed by atoms with Crippen molar-refractivity contribution >= 4 is 6.21 Å². The zero-order valence-corrected chi connectivity index (χ0v) is 13.0. The van der Waals surface area contributed by atoms with Gasteiger partial charge in [-0.15, -0.1) is 0 Å². The topological polar surface area (TPSA) is 12.4 Å². The summed E-state index contributed by atoms with van der Waals surface area (Å²) in [4.78, 5) is 4.89. The third-order valence-electron chi connectivity index (χ3n) is 4.34. The quantitative estimate of drug-likeness (QED) is 0.768. The molecule has 1 heterocycles. The van der Waals surface area contributed by atoms with Gasteiger partial charge in [-0.25, -0.2) is 0 Å². The molecular formula is C20H23N. The fourth-order valence-corrected chi connectivity index (χ4v) is 3.39. The molecule has 0 amide bonds. The second-order valence-corrected chi connectivity index (χ2v) is 6.41. The summed E-state index contributed by atoms with van der Waals surface area (Å²) in [5.41, 5.74) is 5.53. The van der Waals surface area contributed by atoms with E-state index in [0.717, 1.165) is 25.7 Å². The van der Waals surface area contributed by atoms with Gasteiger partial charge in [-0.1, -0.05) is 59.7 Å². The van der Waals surface area contributed by atoms with Gasteiger partial charge in [0.05, 0.1) is 5.54 Å². The van der Waals surface area contributed by atoms with Crippen LogP contribution in [0.5, 0.6) is 0 Å². The number of nitrogens with zero attached hydrogens (tertiary/aromatic N) is 1. The number of hydrogen-bond acceptors (Lipinski definition) is 1. The fourth-order valence-electron chi connectivity index (χ4n) is 3.39. The molecule has 1 heteroatoms. The van der Waals surface area contributed by atoms with Crippen LogP contribution in [-0.2, 0) is 12.8 Å². The number of rotatable bonds is 4. The van der Waals surface area contributed by atoms with Crippen molar-refractivity contribution in [1.82, 2.24) is 0 Å². The van der Waals surface area contributed by atoms with Gasteiger partial charge in [0.25, 0.3) is 0 Å². The van der Waals surface area contributed by atoms with Gasteiger partial charge in [0, 0.05) is 0 Å². The van der Waals surface area contributed by atoms with Crippen molar-refractivity contribution in [3.63, 3.8) is 0 Å². The maximum absolute atomic E-state index is 4.89. The van der Waals surface area contributed by atoms with Crippen molar-refractivity contribution in [1.29, 1.82) is 0 Å². The highest BCUT2D eigenvalue weighted by Crippen LogP contribution is 2.31. The molecule has 108 valence electrons. The highest BCUT2D eigenvalue weighted by molar-refractivity contribution is 5.61. The summed E-state index contributed by atoms with van der Waals surface area (Å²) in [5, 5.41) is 0. The van der Waals surface area contributed by atoms with E-state index in [9.17, 15) is 0 Å². The summed E-state index contributed by atoms with van der Waals surface area (Å²) in [6.07, 6.45) is 6.47. The second-order valence-electron chi connectivity index (χ2n) is 6.41. The molecule has 1 aliphatic rings. The molecule has 0 saturated heterocycles. The van der Waals surface area contributed by atoms with Crippen LogP contribution < -0.4 is 0 Å². The number of hydrogen-bond donors (Lipinski definition) is 0. The first kappa shape index (κ1) is 14.1. The Hall–Kier alpha value is -1.89. The van der Waals surface area contributed by atoms with Gasteiger partial charge < -0.3 is 0 Å². The van der Waals surface area contributed by atoms with E-state index in [1.54, 1.807) is 0 Å². The lowest BCUT2D eigenvalue weighted by Gasteiger charge is -2.27. The predicted molar refractivity (Wildman–Crippen MR) is 90.2 cm³/mol. The van der Waals surface area contributed by atoms with Gasteiger partial charge in [-0.3, -0.25) is 4.99 Å². The summed E-state index contributed by atoms with van der Waals surface area (Å²) in [5.74, 6) is 0. The molecule has 0 spiro atoms. The number of benzene rings is 2. The Morgan fingerprint density at radius 1 is 0.905 bits per heavy atom. The van der Waals surface area contributed by atoms with Crippen LogP contribution >= 0.6 is 0 Å². The Bertz CT molecular complexity index is 607. The smallest absolute Gasteiger partial charge is 0.0688 e. The summed E-state index contributed by atoms with van der Waals surface area (Å²) in [6, 6.07) is 17.7. The fraction of sp³-hybridized carbons (Fsp3) is 0.350. The number of aliphatic imine (C=N–C) groups is 1. The lowest BCUT2D eigenvalue weighted by Crippen LogP contribution is -2.29. The lowest BCUT2D eigenvalue weighted by atomic mass is 9.83. The van der Waals surface area contributed by atoms with E-state index in [2.05, 4.69) is 68.6 Å². The first-order valence-electron chi connectivity index (χ1n) is 7.80. The molecule has 21 heavy (non-hydrogen) atoms. The molecule has 0 unspecified atom stereocenters. The third-order valence-corrected chi connectivity index (χ3v) is 4.34. The molecule has 0 radical (unpaired) electrons. The normalized spacial score (nSPS) is 16.3. The monoisotopic (exact) mass is 277 g/mol. The molecule has 1 aliphatic heterocycles. The number of aryl methyl sites for hydroxylation is 2. The summed E-state index contributed by atoms with van der Waals surface area (Å²) < 4.78 is 0. The molecule has 0 saturated carbocycles. The van der Waals surface area contributed by atoms with Crippen molar-refractivity contribution in [3.8, 4) is 0 Å². The molecule has 0 aromatic heterocycles. The van der Waals surface area contributed by atoms with Crippen LogP contribution in [-0.4, -0.2) is 11.8 Å². The van der Waals surface area contributed by atoms with Crippen molar-refractivity contribution in [2.24, 2.45) is 4.99 Å². The predicted octanol–water partition coefficient (Wildman–Crippen LogP) is 4.69.